The predicted octanol–water partition coefficient (Wildman–Crippen LogP) is 8.33. The van der Waals surface area contributed by atoms with Crippen LogP contribution in [0.5, 0.6) is 5.75 Å². The van der Waals surface area contributed by atoms with Crippen LogP contribution >= 0.6 is 0 Å². The van der Waals surface area contributed by atoms with Gasteiger partial charge in [0.1, 0.15) is 5.75 Å². The predicted molar refractivity (Wildman–Crippen MR) is 140 cm³/mol. The van der Waals surface area contributed by atoms with Crippen molar-refractivity contribution in [3.05, 3.63) is 95.6 Å². The Kier molecular flexibility index (Phi) is 7.25. The van der Waals surface area contributed by atoms with Gasteiger partial charge in [0, 0.05) is 23.9 Å². The van der Waals surface area contributed by atoms with Gasteiger partial charge in [0.15, 0.2) is 0 Å². The number of ether oxygens (including phenoxy) is 1. The van der Waals surface area contributed by atoms with Gasteiger partial charge in [-0.2, -0.15) is 0 Å². The highest BCUT2D eigenvalue weighted by Crippen LogP contribution is 2.38. The molecular formula is C30H35NO. The molecule has 0 saturated carbocycles. The number of rotatable bonds is 6. The SMILES string of the molecule is CNc1ccc(C(/C=C(\C)c2ccccc2OC)=C(/C)C(C)(C)C)cc1-c1ccccc1. The van der Waals surface area contributed by atoms with Crippen LogP contribution in [0.4, 0.5) is 5.69 Å². The number of hydrogen-bond acceptors (Lipinski definition) is 2. The summed E-state index contributed by atoms with van der Waals surface area (Å²) >= 11 is 0. The van der Waals surface area contributed by atoms with Gasteiger partial charge in [0.05, 0.1) is 7.11 Å². The third-order valence-electron chi connectivity index (χ3n) is 6.11. The summed E-state index contributed by atoms with van der Waals surface area (Å²) in [6.45, 7) is 11.2. The molecule has 0 unspecified atom stereocenters. The Hall–Kier alpha value is -3.26. The van der Waals surface area contributed by atoms with E-state index < -0.39 is 0 Å². The lowest BCUT2D eigenvalue weighted by atomic mass is 9.81. The average Bonchev–Trinajstić information content (AvgIpc) is 2.81. The molecule has 0 atom stereocenters. The zero-order chi connectivity index (χ0) is 23.3. The molecule has 32 heavy (non-hydrogen) atoms. The van der Waals surface area contributed by atoms with Gasteiger partial charge in [-0.05, 0) is 59.7 Å². The molecular weight excluding hydrogens is 390 g/mol. The molecule has 0 aliphatic heterocycles. The zero-order valence-corrected chi connectivity index (χ0v) is 20.4. The van der Waals surface area contributed by atoms with E-state index in [1.807, 2.05) is 19.2 Å². The molecule has 0 saturated heterocycles. The Balaban J connectivity index is 2.23. The average molecular weight is 426 g/mol. The number of nitrogens with one attached hydrogen (secondary N) is 1. The first-order valence-corrected chi connectivity index (χ1v) is 11.2. The number of hydrogen-bond donors (Lipinski definition) is 1. The monoisotopic (exact) mass is 425 g/mol. The van der Waals surface area contributed by atoms with Crippen molar-refractivity contribution < 1.29 is 4.74 Å². The van der Waals surface area contributed by atoms with Crippen molar-refractivity contribution in [3.63, 3.8) is 0 Å². The summed E-state index contributed by atoms with van der Waals surface area (Å²) in [6, 6.07) is 25.5. The first-order valence-electron chi connectivity index (χ1n) is 11.2. The van der Waals surface area contributed by atoms with Crippen molar-refractivity contribution in [1.82, 2.24) is 0 Å². The van der Waals surface area contributed by atoms with E-state index in [1.165, 1.54) is 33.4 Å². The van der Waals surface area contributed by atoms with E-state index in [0.29, 0.717) is 0 Å². The van der Waals surface area contributed by atoms with Gasteiger partial charge in [-0.3, -0.25) is 0 Å². The summed E-state index contributed by atoms with van der Waals surface area (Å²) in [5, 5.41) is 3.35. The van der Waals surface area contributed by atoms with Gasteiger partial charge in [0.25, 0.3) is 0 Å². The summed E-state index contributed by atoms with van der Waals surface area (Å²) in [5.41, 5.74) is 9.68. The van der Waals surface area contributed by atoms with Crippen LogP contribution < -0.4 is 10.1 Å². The Labute approximate surface area is 193 Å². The number of benzene rings is 3. The van der Waals surface area contributed by atoms with Crippen molar-refractivity contribution >= 4 is 16.8 Å². The summed E-state index contributed by atoms with van der Waals surface area (Å²) in [5.74, 6) is 0.893. The minimum absolute atomic E-state index is 0.0431. The molecule has 0 aromatic heterocycles. The number of para-hydroxylation sites is 1. The molecule has 0 aliphatic rings. The van der Waals surface area contributed by atoms with Gasteiger partial charge >= 0.3 is 0 Å². The molecule has 0 amide bonds. The Morgan fingerprint density at radius 3 is 2.16 bits per heavy atom. The molecule has 0 radical (unpaired) electrons. The van der Waals surface area contributed by atoms with Gasteiger partial charge in [-0.1, -0.05) is 87.0 Å². The largest absolute Gasteiger partial charge is 0.496 e. The smallest absolute Gasteiger partial charge is 0.126 e. The van der Waals surface area contributed by atoms with Crippen molar-refractivity contribution in [2.24, 2.45) is 5.41 Å². The lowest BCUT2D eigenvalue weighted by molar-refractivity contribution is 0.413. The number of allylic oxidation sites excluding steroid dienone is 4. The van der Waals surface area contributed by atoms with E-state index in [0.717, 1.165) is 17.0 Å². The fourth-order valence-corrected chi connectivity index (χ4v) is 3.86. The summed E-state index contributed by atoms with van der Waals surface area (Å²) in [7, 11) is 3.70. The maximum absolute atomic E-state index is 5.62. The molecule has 1 N–H and O–H groups in total. The molecule has 3 aromatic rings. The van der Waals surface area contributed by atoms with Gasteiger partial charge in [0.2, 0.25) is 0 Å². The molecule has 0 spiro atoms. The Bertz CT molecular complexity index is 1130. The van der Waals surface area contributed by atoms with Crippen LogP contribution in [-0.2, 0) is 0 Å². The second-order valence-electron chi connectivity index (χ2n) is 9.19. The molecule has 0 aliphatic carbocycles. The highest BCUT2D eigenvalue weighted by atomic mass is 16.5. The Morgan fingerprint density at radius 2 is 1.53 bits per heavy atom. The standard InChI is InChI=1S/C30H35NO/c1-21(25-15-11-12-16-29(25)32-7)19-26(22(2)30(3,4)5)24-17-18-28(31-6)27(20-24)23-13-9-8-10-14-23/h8-20,31H,1-7H3/b21-19+,26-22-. The van der Waals surface area contributed by atoms with E-state index in [-0.39, 0.29) is 5.41 Å². The summed E-state index contributed by atoms with van der Waals surface area (Å²) in [6.07, 6.45) is 2.31. The molecule has 2 nitrogen and oxygen atoms in total. The van der Waals surface area contributed by atoms with Crippen LogP contribution in [0, 0.1) is 5.41 Å². The molecule has 0 fully saturated rings. The van der Waals surface area contributed by atoms with E-state index in [1.54, 1.807) is 7.11 Å². The first kappa shape index (κ1) is 23.4. The third kappa shape index (κ3) is 5.13. The van der Waals surface area contributed by atoms with Crippen LogP contribution in [-0.4, -0.2) is 14.2 Å². The van der Waals surface area contributed by atoms with Crippen LogP contribution in [0.25, 0.3) is 22.3 Å². The molecule has 3 aromatic carbocycles. The number of methoxy groups -OCH3 is 1. The van der Waals surface area contributed by atoms with E-state index in [4.69, 9.17) is 4.74 Å². The lowest BCUT2D eigenvalue weighted by Gasteiger charge is -2.24. The zero-order valence-electron chi connectivity index (χ0n) is 20.4. The second kappa shape index (κ2) is 9.91. The molecule has 3 rings (SSSR count). The fourth-order valence-electron chi connectivity index (χ4n) is 3.86. The Morgan fingerprint density at radius 1 is 0.875 bits per heavy atom. The van der Waals surface area contributed by atoms with Gasteiger partial charge in [-0.25, -0.2) is 0 Å². The molecule has 166 valence electrons. The van der Waals surface area contributed by atoms with Crippen molar-refractivity contribution in [2.45, 2.75) is 34.6 Å². The minimum atomic E-state index is 0.0431. The first-order chi connectivity index (χ1) is 15.3. The highest BCUT2D eigenvalue weighted by Gasteiger charge is 2.19. The van der Waals surface area contributed by atoms with Crippen LogP contribution in [0.15, 0.2) is 84.4 Å². The maximum Gasteiger partial charge on any atom is 0.126 e. The van der Waals surface area contributed by atoms with Crippen LogP contribution in [0.1, 0.15) is 45.7 Å². The highest BCUT2D eigenvalue weighted by molar-refractivity contribution is 5.89. The third-order valence-corrected chi connectivity index (χ3v) is 6.11. The molecule has 2 heteroatoms. The van der Waals surface area contributed by atoms with Crippen LogP contribution in [0.2, 0.25) is 0 Å². The fraction of sp³-hybridized carbons (Fsp3) is 0.267. The van der Waals surface area contributed by atoms with E-state index in [9.17, 15) is 0 Å². The summed E-state index contributed by atoms with van der Waals surface area (Å²) in [4.78, 5) is 0. The maximum atomic E-state index is 5.62. The van der Waals surface area contributed by atoms with Gasteiger partial charge in [-0.15, -0.1) is 0 Å². The molecule has 0 bridgehead atoms. The van der Waals surface area contributed by atoms with E-state index >= 15 is 0 Å². The summed E-state index contributed by atoms with van der Waals surface area (Å²) < 4.78 is 5.62. The minimum Gasteiger partial charge on any atom is -0.496 e. The normalized spacial score (nSPS) is 12.9. The van der Waals surface area contributed by atoms with Crippen molar-refractivity contribution in [2.75, 3.05) is 19.5 Å². The van der Waals surface area contributed by atoms with Crippen LogP contribution in [0.3, 0.4) is 0 Å². The molecule has 0 heterocycles. The van der Waals surface area contributed by atoms with Crippen molar-refractivity contribution in [1.29, 1.82) is 0 Å². The quantitative estimate of drug-likeness (QED) is 0.401. The second-order valence-corrected chi connectivity index (χ2v) is 9.19. The van der Waals surface area contributed by atoms with E-state index in [2.05, 4.69) is 107 Å². The lowest BCUT2D eigenvalue weighted by Crippen LogP contribution is -2.09. The van der Waals surface area contributed by atoms with Crippen molar-refractivity contribution in [3.8, 4) is 16.9 Å². The topological polar surface area (TPSA) is 21.3 Å². The number of anilines is 1. The van der Waals surface area contributed by atoms with Gasteiger partial charge < -0.3 is 10.1 Å².